The van der Waals surface area contributed by atoms with Gasteiger partial charge in [-0.2, -0.15) is 0 Å². The first-order valence-corrected chi connectivity index (χ1v) is 4.66. The summed E-state index contributed by atoms with van der Waals surface area (Å²) in [5, 5.41) is 11.0. The van der Waals surface area contributed by atoms with Crippen molar-refractivity contribution in [2.45, 2.75) is 19.4 Å². The molecule has 0 saturated heterocycles. The molecule has 94 valence electrons. The Morgan fingerprint density at radius 3 is 2.00 bits per heavy atom. The van der Waals surface area contributed by atoms with E-state index < -0.39 is 23.4 Å². The second-order valence-corrected chi connectivity index (χ2v) is 3.83. The van der Waals surface area contributed by atoms with Gasteiger partial charge in [-0.15, -0.1) is 0 Å². The SMILES string of the molecule is C=C(C(=C)C(=O)OC)C(=O)NC(C)(C)C(=O)O. The van der Waals surface area contributed by atoms with Crippen molar-refractivity contribution in [1.82, 2.24) is 5.32 Å². The first kappa shape index (κ1) is 14.9. The number of hydrogen-bond acceptors (Lipinski definition) is 4. The molecule has 17 heavy (non-hydrogen) atoms. The number of aliphatic carboxylic acids is 1. The van der Waals surface area contributed by atoms with Crippen LogP contribution in [0.3, 0.4) is 0 Å². The molecule has 2 N–H and O–H groups in total. The van der Waals surface area contributed by atoms with Gasteiger partial charge in [-0.25, -0.2) is 9.59 Å². The van der Waals surface area contributed by atoms with Crippen molar-refractivity contribution < 1.29 is 24.2 Å². The number of carboxylic acids is 1. The number of methoxy groups -OCH3 is 1. The Hall–Kier alpha value is -2.11. The minimum atomic E-state index is -1.46. The zero-order valence-corrected chi connectivity index (χ0v) is 9.99. The summed E-state index contributed by atoms with van der Waals surface area (Å²) in [5.41, 5.74) is -1.91. The third-order valence-electron chi connectivity index (χ3n) is 2.03. The molecular formula is C11H15NO5. The van der Waals surface area contributed by atoms with Gasteiger partial charge >= 0.3 is 11.9 Å². The second-order valence-electron chi connectivity index (χ2n) is 3.83. The van der Waals surface area contributed by atoms with E-state index in [4.69, 9.17) is 5.11 Å². The van der Waals surface area contributed by atoms with E-state index in [2.05, 4.69) is 23.2 Å². The largest absolute Gasteiger partial charge is 0.480 e. The van der Waals surface area contributed by atoms with E-state index in [9.17, 15) is 14.4 Å². The van der Waals surface area contributed by atoms with E-state index in [1.807, 2.05) is 0 Å². The highest BCUT2D eigenvalue weighted by Crippen LogP contribution is 2.10. The van der Waals surface area contributed by atoms with Crippen LogP contribution in [-0.4, -0.2) is 35.6 Å². The van der Waals surface area contributed by atoms with Gasteiger partial charge in [0, 0.05) is 5.57 Å². The van der Waals surface area contributed by atoms with Crippen LogP contribution >= 0.6 is 0 Å². The summed E-state index contributed by atoms with van der Waals surface area (Å²) in [6.45, 7) is 9.31. The van der Waals surface area contributed by atoms with Crippen LogP contribution in [0.25, 0.3) is 0 Å². The van der Waals surface area contributed by atoms with Crippen LogP contribution < -0.4 is 5.32 Å². The van der Waals surface area contributed by atoms with Crippen LogP contribution in [0.1, 0.15) is 13.8 Å². The molecule has 0 aromatic rings. The fourth-order valence-corrected chi connectivity index (χ4v) is 0.796. The van der Waals surface area contributed by atoms with E-state index >= 15 is 0 Å². The van der Waals surface area contributed by atoms with E-state index in [-0.39, 0.29) is 11.1 Å². The van der Waals surface area contributed by atoms with Gasteiger partial charge in [-0.1, -0.05) is 13.2 Å². The van der Waals surface area contributed by atoms with Crippen molar-refractivity contribution in [1.29, 1.82) is 0 Å². The molecule has 1 amide bonds. The zero-order valence-electron chi connectivity index (χ0n) is 9.99. The molecule has 6 nitrogen and oxygen atoms in total. The minimum absolute atomic E-state index is 0.216. The van der Waals surface area contributed by atoms with Gasteiger partial charge in [0.05, 0.1) is 12.7 Å². The summed E-state index contributed by atoms with van der Waals surface area (Å²) in [5.74, 6) is -2.78. The van der Waals surface area contributed by atoms with Gasteiger partial charge in [0.1, 0.15) is 5.54 Å². The Morgan fingerprint density at radius 2 is 1.65 bits per heavy atom. The van der Waals surface area contributed by atoms with Crippen LogP contribution in [0.15, 0.2) is 24.3 Å². The van der Waals surface area contributed by atoms with Gasteiger partial charge in [-0.05, 0) is 13.8 Å². The normalized spacial score (nSPS) is 10.3. The summed E-state index contributed by atoms with van der Waals surface area (Å²) in [6.07, 6.45) is 0. The fraction of sp³-hybridized carbons (Fsp3) is 0.364. The van der Waals surface area contributed by atoms with E-state index in [1.165, 1.54) is 13.8 Å². The third-order valence-corrected chi connectivity index (χ3v) is 2.03. The molecule has 6 heteroatoms. The second kappa shape index (κ2) is 5.29. The quantitative estimate of drug-likeness (QED) is 0.409. The zero-order chi connectivity index (χ0) is 13.8. The van der Waals surface area contributed by atoms with Crippen LogP contribution in [0.5, 0.6) is 0 Å². The maximum absolute atomic E-state index is 11.6. The smallest absolute Gasteiger partial charge is 0.338 e. The number of carboxylic acid groups (broad SMARTS) is 1. The Bertz CT molecular complexity index is 395. The van der Waals surface area contributed by atoms with E-state index in [0.717, 1.165) is 7.11 Å². The van der Waals surface area contributed by atoms with Crippen LogP contribution in [0.4, 0.5) is 0 Å². The average molecular weight is 241 g/mol. The van der Waals surface area contributed by atoms with Crippen molar-refractivity contribution in [3.63, 3.8) is 0 Å². The molecule has 0 aliphatic rings. The molecule has 0 aliphatic carbocycles. The van der Waals surface area contributed by atoms with E-state index in [0.29, 0.717) is 0 Å². The monoisotopic (exact) mass is 241 g/mol. The molecule has 0 aromatic carbocycles. The molecule has 0 unspecified atom stereocenters. The van der Waals surface area contributed by atoms with Crippen molar-refractivity contribution >= 4 is 17.8 Å². The first-order valence-electron chi connectivity index (χ1n) is 4.66. The lowest BCUT2D eigenvalue weighted by molar-refractivity contribution is -0.145. The van der Waals surface area contributed by atoms with Gasteiger partial charge in [0.2, 0.25) is 0 Å². The van der Waals surface area contributed by atoms with Crippen molar-refractivity contribution in [2.75, 3.05) is 7.11 Å². The Morgan fingerprint density at radius 1 is 1.18 bits per heavy atom. The van der Waals surface area contributed by atoms with Gasteiger partial charge < -0.3 is 15.2 Å². The number of rotatable bonds is 5. The van der Waals surface area contributed by atoms with Gasteiger partial charge in [0.15, 0.2) is 0 Å². The molecule has 0 saturated carbocycles. The van der Waals surface area contributed by atoms with Gasteiger partial charge in [0.25, 0.3) is 5.91 Å². The first-order chi connectivity index (χ1) is 7.63. The molecule has 0 bridgehead atoms. The Kier molecular flexibility index (Phi) is 4.63. The molecule has 0 fully saturated rings. The molecule has 0 atom stereocenters. The highest BCUT2D eigenvalue weighted by atomic mass is 16.5. The lowest BCUT2D eigenvalue weighted by atomic mass is 10.0. The molecule has 0 spiro atoms. The molecular weight excluding hydrogens is 226 g/mol. The summed E-state index contributed by atoms with van der Waals surface area (Å²) in [4.78, 5) is 33.4. The van der Waals surface area contributed by atoms with Gasteiger partial charge in [-0.3, -0.25) is 4.79 Å². The summed E-state index contributed by atoms with van der Waals surface area (Å²) in [6, 6.07) is 0. The molecule has 0 heterocycles. The number of nitrogens with one attached hydrogen (secondary N) is 1. The van der Waals surface area contributed by atoms with E-state index in [1.54, 1.807) is 0 Å². The standard InChI is InChI=1S/C11H15NO5/c1-6(7(2)9(14)17-5)8(13)12-11(3,4)10(15)16/h1-2H2,3-5H3,(H,12,13)(H,15,16). The maximum Gasteiger partial charge on any atom is 0.338 e. The maximum atomic E-state index is 11.6. The van der Waals surface area contributed by atoms with Crippen LogP contribution in [0.2, 0.25) is 0 Å². The predicted molar refractivity (Wildman–Crippen MR) is 60.2 cm³/mol. The highest BCUT2D eigenvalue weighted by Gasteiger charge is 2.30. The van der Waals surface area contributed by atoms with Crippen molar-refractivity contribution in [2.24, 2.45) is 0 Å². The van der Waals surface area contributed by atoms with Crippen molar-refractivity contribution in [3.8, 4) is 0 Å². The highest BCUT2D eigenvalue weighted by molar-refractivity contribution is 6.09. The molecule has 0 radical (unpaired) electrons. The number of hydrogen-bond donors (Lipinski definition) is 2. The lowest BCUT2D eigenvalue weighted by Gasteiger charge is -2.21. The van der Waals surface area contributed by atoms with Crippen LogP contribution in [0, 0.1) is 0 Å². The van der Waals surface area contributed by atoms with Crippen molar-refractivity contribution in [3.05, 3.63) is 24.3 Å². The molecule has 0 aliphatic heterocycles. The number of carbonyl (C=O) groups excluding carboxylic acids is 2. The topological polar surface area (TPSA) is 92.7 Å². The summed E-state index contributed by atoms with van der Waals surface area (Å²) >= 11 is 0. The molecule has 0 aromatic heterocycles. The summed E-state index contributed by atoms with van der Waals surface area (Å²) < 4.78 is 4.37. The summed E-state index contributed by atoms with van der Waals surface area (Å²) in [7, 11) is 1.14. The number of amides is 1. The Labute approximate surface area is 99.0 Å². The number of carbonyl (C=O) groups is 3. The number of ether oxygens (including phenoxy) is 1. The fourth-order valence-electron chi connectivity index (χ4n) is 0.796. The minimum Gasteiger partial charge on any atom is -0.480 e. The average Bonchev–Trinajstić information content (AvgIpc) is 2.24. The lowest BCUT2D eigenvalue weighted by Crippen LogP contribution is -2.50. The number of esters is 1. The third kappa shape index (κ3) is 3.75. The van der Waals surface area contributed by atoms with Crippen LogP contribution in [-0.2, 0) is 19.1 Å². The molecule has 0 rings (SSSR count). The predicted octanol–water partition coefficient (Wildman–Crippen LogP) is 0.251. The Balaban J connectivity index is 4.76.